The Balaban J connectivity index is 1.60. The molecule has 1 aromatic carbocycles. The van der Waals surface area contributed by atoms with E-state index >= 15 is 4.39 Å². The van der Waals surface area contributed by atoms with Gasteiger partial charge in [-0.2, -0.15) is 10.2 Å². The summed E-state index contributed by atoms with van der Waals surface area (Å²) in [7, 11) is 0. The van der Waals surface area contributed by atoms with Crippen molar-refractivity contribution in [2.45, 2.75) is 20.4 Å². The number of hydrogen-bond donors (Lipinski definition) is 1. The van der Waals surface area contributed by atoms with E-state index in [0.717, 1.165) is 5.56 Å². The summed E-state index contributed by atoms with van der Waals surface area (Å²) < 4.78 is 23.5. The molecule has 1 N–H and O–H groups in total. The van der Waals surface area contributed by atoms with Gasteiger partial charge in [-0.1, -0.05) is 24.3 Å². The van der Waals surface area contributed by atoms with E-state index in [2.05, 4.69) is 20.5 Å². The lowest BCUT2D eigenvalue weighted by molar-refractivity contribution is -0.141. The molecular formula is C25H21FN6O3. The summed E-state index contributed by atoms with van der Waals surface area (Å²) in [5.74, 6) is -1.22. The molecule has 0 saturated heterocycles. The fourth-order valence-electron chi connectivity index (χ4n) is 3.90. The predicted octanol–water partition coefficient (Wildman–Crippen LogP) is 4.01. The SMILES string of the molecule is CC(=O)OCCn1nc(NC(=O)c2ccccc2C)c2cc(F)c(-c3cnn4ccccc34)nc21. The van der Waals surface area contributed by atoms with E-state index in [1.54, 1.807) is 29.0 Å². The van der Waals surface area contributed by atoms with Gasteiger partial charge in [-0.15, -0.1) is 0 Å². The maximum Gasteiger partial charge on any atom is 0.302 e. The van der Waals surface area contributed by atoms with Crippen LogP contribution >= 0.6 is 0 Å². The monoisotopic (exact) mass is 472 g/mol. The van der Waals surface area contributed by atoms with Crippen LogP contribution in [0.1, 0.15) is 22.8 Å². The number of fused-ring (bicyclic) bond motifs is 2. The Morgan fingerprint density at radius 1 is 1.14 bits per heavy atom. The highest BCUT2D eigenvalue weighted by molar-refractivity contribution is 6.08. The first kappa shape index (κ1) is 22.2. The van der Waals surface area contributed by atoms with Gasteiger partial charge in [-0.05, 0) is 36.8 Å². The van der Waals surface area contributed by atoms with Gasteiger partial charge < -0.3 is 10.1 Å². The van der Waals surface area contributed by atoms with Crippen molar-refractivity contribution in [3.8, 4) is 11.3 Å². The number of nitrogens with zero attached hydrogens (tertiary/aromatic N) is 5. The van der Waals surface area contributed by atoms with Gasteiger partial charge in [0.1, 0.15) is 12.3 Å². The van der Waals surface area contributed by atoms with Crippen LogP contribution in [0.3, 0.4) is 0 Å². The second-order valence-electron chi connectivity index (χ2n) is 7.96. The quantitative estimate of drug-likeness (QED) is 0.375. The van der Waals surface area contributed by atoms with Gasteiger partial charge in [0.2, 0.25) is 0 Å². The largest absolute Gasteiger partial charge is 0.464 e. The van der Waals surface area contributed by atoms with Crippen molar-refractivity contribution in [1.82, 2.24) is 24.4 Å². The number of benzene rings is 1. The lowest BCUT2D eigenvalue weighted by Crippen LogP contribution is -2.15. The highest BCUT2D eigenvalue weighted by Crippen LogP contribution is 2.31. The van der Waals surface area contributed by atoms with Crippen molar-refractivity contribution in [3.63, 3.8) is 0 Å². The van der Waals surface area contributed by atoms with Gasteiger partial charge in [0.15, 0.2) is 17.3 Å². The van der Waals surface area contributed by atoms with Crippen LogP contribution in [-0.4, -0.2) is 42.9 Å². The summed E-state index contributed by atoms with van der Waals surface area (Å²) >= 11 is 0. The number of aryl methyl sites for hydroxylation is 1. The molecule has 9 nitrogen and oxygen atoms in total. The van der Waals surface area contributed by atoms with Crippen LogP contribution in [0.15, 0.2) is 60.9 Å². The van der Waals surface area contributed by atoms with Gasteiger partial charge in [0.25, 0.3) is 5.91 Å². The van der Waals surface area contributed by atoms with Crippen molar-refractivity contribution >= 4 is 34.2 Å². The summed E-state index contributed by atoms with van der Waals surface area (Å²) in [4.78, 5) is 28.7. The maximum absolute atomic E-state index is 15.4. The fourth-order valence-corrected chi connectivity index (χ4v) is 3.90. The number of carbonyl (C=O) groups excluding carboxylic acids is 2. The summed E-state index contributed by atoms with van der Waals surface area (Å²) in [6.07, 6.45) is 3.31. The molecular weight excluding hydrogens is 451 g/mol. The van der Waals surface area contributed by atoms with E-state index < -0.39 is 11.8 Å². The summed E-state index contributed by atoms with van der Waals surface area (Å²) in [5, 5.41) is 11.8. The lowest BCUT2D eigenvalue weighted by Gasteiger charge is -2.06. The van der Waals surface area contributed by atoms with E-state index in [-0.39, 0.29) is 30.6 Å². The minimum absolute atomic E-state index is 0.0440. The van der Waals surface area contributed by atoms with Crippen LogP contribution in [0, 0.1) is 12.7 Å². The molecule has 0 radical (unpaired) electrons. The Morgan fingerprint density at radius 2 is 1.94 bits per heavy atom. The molecule has 35 heavy (non-hydrogen) atoms. The Kier molecular flexibility index (Phi) is 5.69. The molecule has 0 aliphatic rings. The van der Waals surface area contributed by atoms with E-state index in [9.17, 15) is 9.59 Å². The van der Waals surface area contributed by atoms with Gasteiger partial charge in [-0.3, -0.25) is 9.59 Å². The number of pyridine rings is 2. The number of amides is 1. The molecule has 0 unspecified atom stereocenters. The van der Waals surface area contributed by atoms with Crippen molar-refractivity contribution in [2.75, 3.05) is 11.9 Å². The molecule has 0 spiro atoms. The number of rotatable bonds is 6. The molecule has 5 rings (SSSR count). The number of esters is 1. The summed E-state index contributed by atoms with van der Waals surface area (Å²) in [5.41, 5.74) is 2.92. The molecule has 4 aromatic heterocycles. The Labute approximate surface area is 199 Å². The standard InChI is InChI=1S/C25H21FN6O3/c1-15-7-3-4-8-17(15)25(34)29-23-18-13-20(26)22(19-14-27-31-10-6-5-9-21(19)31)28-24(18)32(30-23)11-12-35-16(2)33/h3-10,13-14H,11-12H2,1-2H3,(H,29,30,34). The van der Waals surface area contributed by atoms with Crippen LogP contribution < -0.4 is 5.32 Å². The zero-order valence-corrected chi connectivity index (χ0v) is 19.0. The third-order valence-corrected chi connectivity index (χ3v) is 5.59. The normalized spacial score (nSPS) is 11.2. The molecule has 176 valence electrons. The first-order valence-electron chi connectivity index (χ1n) is 10.9. The van der Waals surface area contributed by atoms with Crippen molar-refractivity contribution in [1.29, 1.82) is 0 Å². The van der Waals surface area contributed by atoms with E-state index in [1.165, 1.54) is 17.7 Å². The molecule has 4 heterocycles. The molecule has 0 aliphatic carbocycles. The average Bonchev–Trinajstić information content (AvgIpc) is 3.40. The van der Waals surface area contributed by atoms with E-state index in [0.29, 0.717) is 27.7 Å². The van der Waals surface area contributed by atoms with Crippen LogP contribution in [0.25, 0.3) is 27.8 Å². The number of hydrogen-bond acceptors (Lipinski definition) is 6. The molecule has 0 atom stereocenters. The van der Waals surface area contributed by atoms with Crippen molar-refractivity contribution in [2.24, 2.45) is 0 Å². The van der Waals surface area contributed by atoms with Crippen molar-refractivity contribution < 1.29 is 18.7 Å². The third-order valence-electron chi connectivity index (χ3n) is 5.59. The van der Waals surface area contributed by atoms with Crippen LogP contribution in [0.4, 0.5) is 10.2 Å². The molecule has 0 aliphatic heterocycles. The zero-order chi connectivity index (χ0) is 24.5. The number of aromatic nitrogens is 5. The first-order valence-corrected chi connectivity index (χ1v) is 10.9. The second kappa shape index (κ2) is 8.98. The molecule has 10 heteroatoms. The minimum atomic E-state index is -0.581. The molecule has 1 amide bonds. The Bertz CT molecular complexity index is 1590. The number of carbonyl (C=O) groups is 2. The predicted molar refractivity (Wildman–Crippen MR) is 127 cm³/mol. The minimum Gasteiger partial charge on any atom is -0.464 e. The summed E-state index contributed by atoms with van der Waals surface area (Å²) in [6.45, 7) is 3.35. The molecule has 5 aromatic rings. The van der Waals surface area contributed by atoms with Gasteiger partial charge in [0.05, 0.1) is 23.6 Å². The maximum atomic E-state index is 15.4. The number of nitrogens with one attached hydrogen (secondary N) is 1. The van der Waals surface area contributed by atoms with Crippen LogP contribution in [-0.2, 0) is 16.1 Å². The topological polar surface area (TPSA) is 103 Å². The van der Waals surface area contributed by atoms with E-state index in [1.807, 2.05) is 37.3 Å². The van der Waals surface area contributed by atoms with Crippen LogP contribution in [0.2, 0.25) is 0 Å². The van der Waals surface area contributed by atoms with Gasteiger partial charge in [0, 0.05) is 24.2 Å². The van der Waals surface area contributed by atoms with Gasteiger partial charge >= 0.3 is 5.97 Å². The first-order chi connectivity index (χ1) is 16.9. The highest BCUT2D eigenvalue weighted by Gasteiger charge is 2.21. The van der Waals surface area contributed by atoms with E-state index in [4.69, 9.17) is 4.74 Å². The molecule has 0 saturated carbocycles. The highest BCUT2D eigenvalue weighted by atomic mass is 19.1. The number of halogens is 1. The summed E-state index contributed by atoms with van der Waals surface area (Å²) in [6, 6.07) is 13.9. The Hall–Kier alpha value is -4.60. The number of ether oxygens (including phenoxy) is 1. The number of anilines is 1. The zero-order valence-electron chi connectivity index (χ0n) is 19.0. The third kappa shape index (κ3) is 4.21. The molecule has 0 fully saturated rings. The van der Waals surface area contributed by atoms with Gasteiger partial charge in [-0.25, -0.2) is 18.6 Å². The molecule has 0 bridgehead atoms. The second-order valence-corrected chi connectivity index (χ2v) is 7.96. The van der Waals surface area contributed by atoms with Crippen LogP contribution in [0.5, 0.6) is 0 Å². The lowest BCUT2D eigenvalue weighted by atomic mass is 10.1. The average molecular weight is 472 g/mol. The van der Waals surface area contributed by atoms with Crippen molar-refractivity contribution in [3.05, 3.63) is 77.9 Å². The smallest absolute Gasteiger partial charge is 0.302 e. The Morgan fingerprint density at radius 3 is 2.74 bits per heavy atom. The fraction of sp³-hybridized carbons (Fsp3) is 0.160.